The van der Waals surface area contributed by atoms with Gasteiger partial charge in [-0.1, -0.05) is 12.1 Å². The number of carbonyl (C=O) groups is 2. The van der Waals surface area contributed by atoms with Gasteiger partial charge in [0.05, 0.1) is 11.8 Å². The molecule has 0 bridgehead atoms. The van der Waals surface area contributed by atoms with Crippen molar-refractivity contribution in [1.82, 2.24) is 0 Å². The first-order valence-corrected chi connectivity index (χ1v) is 5.96. The number of hydrogen-bond acceptors (Lipinski definition) is 3. The van der Waals surface area contributed by atoms with Gasteiger partial charge in [-0.25, -0.2) is 0 Å². The Kier molecular flexibility index (Phi) is 3.51. The first-order valence-electron chi connectivity index (χ1n) is 5.96. The van der Waals surface area contributed by atoms with Crippen LogP contribution < -0.4 is 5.32 Å². The van der Waals surface area contributed by atoms with Crippen LogP contribution in [0, 0.1) is 13.8 Å². The Labute approximate surface area is 111 Å². The largest absolute Gasteiger partial charge is 0.469 e. The number of hydrogen-bond donors (Lipinski definition) is 1. The van der Waals surface area contributed by atoms with Crippen molar-refractivity contribution in [3.63, 3.8) is 0 Å². The van der Waals surface area contributed by atoms with E-state index in [0.717, 1.165) is 5.56 Å². The van der Waals surface area contributed by atoms with Crippen LogP contribution in [0.25, 0.3) is 0 Å². The molecule has 4 nitrogen and oxygen atoms in total. The Morgan fingerprint density at radius 3 is 2.53 bits per heavy atom. The molecule has 4 heteroatoms. The minimum absolute atomic E-state index is 0.0354. The molecule has 1 aromatic carbocycles. The fourth-order valence-electron chi connectivity index (χ4n) is 1.92. The zero-order chi connectivity index (χ0) is 14.0. The van der Waals surface area contributed by atoms with E-state index in [1.165, 1.54) is 6.92 Å². The maximum absolute atomic E-state index is 12.1. The third kappa shape index (κ3) is 2.73. The summed E-state index contributed by atoms with van der Waals surface area (Å²) in [4.78, 5) is 23.4. The molecule has 1 aromatic heterocycles. The third-order valence-electron chi connectivity index (χ3n) is 2.91. The van der Waals surface area contributed by atoms with Crippen molar-refractivity contribution in [3.8, 4) is 0 Å². The lowest BCUT2D eigenvalue weighted by atomic mass is 10.1. The second-order valence-electron chi connectivity index (χ2n) is 4.44. The van der Waals surface area contributed by atoms with Gasteiger partial charge in [-0.3, -0.25) is 9.59 Å². The summed E-state index contributed by atoms with van der Waals surface area (Å²) in [6.45, 7) is 5.05. The molecule has 1 N–H and O–H groups in total. The van der Waals surface area contributed by atoms with Crippen molar-refractivity contribution >= 4 is 17.4 Å². The Hall–Kier alpha value is -2.36. The maximum atomic E-state index is 12.1. The predicted molar refractivity (Wildman–Crippen MR) is 72.6 cm³/mol. The highest BCUT2D eigenvalue weighted by Gasteiger charge is 2.15. The Balaban J connectivity index is 2.24. The second kappa shape index (κ2) is 5.10. The van der Waals surface area contributed by atoms with E-state index in [2.05, 4.69) is 5.32 Å². The van der Waals surface area contributed by atoms with Crippen LogP contribution in [0.2, 0.25) is 0 Å². The van der Waals surface area contributed by atoms with E-state index in [1.54, 1.807) is 37.5 Å². The lowest BCUT2D eigenvalue weighted by Crippen LogP contribution is -2.13. The minimum Gasteiger partial charge on any atom is -0.469 e. The van der Waals surface area contributed by atoms with Crippen LogP contribution in [-0.4, -0.2) is 11.7 Å². The zero-order valence-corrected chi connectivity index (χ0v) is 11.1. The van der Waals surface area contributed by atoms with Gasteiger partial charge in [0.15, 0.2) is 5.78 Å². The summed E-state index contributed by atoms with van der Waals surface area (Å²) in [7, 11) is 0. The van der Waals surface area contributed by atoms with E-state index in [1.807, 2.05) is 6.92 Å². The molecule has 2 rings (SSSR count). The number of ketones is 1. The molecule has 0 saturated carbocycles. The monoisotopic (exact) mass is 257 g/mol. The van der Waals surface area contributed by atoms with E-state index >= 15 is 0 Å². The summed E-state index contributed by atoms with van der Waals surface area (Å²) in [5.74, 6) is 0.314. The van der Waals surface area contributed by atoms with Gasteiger partial charge in [0.2, 0.25) is 0 Å². The smallest absolute Gasteiger partial charge is 0.259 e. The van der Waals surface area contributed by atoms with Gasteiger partial charge in [0.1, 0.15) is 5.76 Å². The standard InChI is InChI=1S/C15H15NO3/c1-9-8-19-11(3)14(9)15(18)16-13-6-4-5-12(7-13)10(2)17/h4-8H,1-3H3,(H,16,18). The molecule has 0 spiro atoms. The van der Waals surface area contributed by atoms with E-state index < -0.39 is 0 Å². The van der Waals surface area contributed by atoms with E-state index in [0.29, 0.717) is 22.6 Å². The number of furan rings is 1. The quantitative estimate of drug-likeness (QED) is 0.858. The van der Waals surface area contributed by atoms with Crippen LogP contribution in [0.5, 0.6) is 0 Å². The predicted octanol–water partition coefficient (Wildman–Crippen LogP) is 3.35. The number of benzene rings is 1. The first-order chi connectivity index (χ1) is 8.99. The molecule has 98 valence electrons. The third-order valence-corrected chi connectivity index (χ3v) is 2.91. The number of nitrogens with one attached hydrogen (secondary N) is 1. The van der Waals surface area contributed by atoms with Crippen molar-refractivity contribution in [1.29, 1.82) is 0 Å². The summed E-state index contributed by atoms with van der Waals surface area (Å²) in [5, 5.41) is 2.77. The summed E-state index contributed by atoms with van der Waals surface area (Å²) in [6, 6.07) is 6.86. The van der Waals surface area contributed by atoms with Crippen molar-refractivity contribution in [2.75, 3.05) is 5.32 Å². The highest BCUT2D eigenvalue weighted by atomic mass is 16.3. The average Bonchev–Trinajstić information content (AvgIpc) is 2.69. The van der Waals surface area contributed by atoms with Gasteiger partial charge in [-0.2, -0.15) is 0 Å². The molecule has 0 aliphatic heterocycles. The van der Waals surface area contributed by atoms with E-state index in [4.69, 9.17) is 4.42 Å². The van der Waals surface area contributed by atoms with Gasteiger partial charge in [-0.15, -0.1) is 0 Å². The van der Waals surface area contributed by atoms with Crippen LogP contribution in [0.1, 0.15) is 39.0 Å². The second-order valence-corrected chi connectivity index (χ2v) is 4.44. The van der Waals surface area contributed by atoms with Crippen LogP contribution in [0.4, 0.5) is 5.69 Å². The lowest BCUT2D eigenvalue weighted by Gasteiger charge is -2.06. The first kappa shape index (κ1) is 13.1. The fraction of sp³-hybridized carbons (Fsp3) is 0.200. The molecular weight excluding hydrogens is 242 g/mol. The Morgan fingerprint density at radius 2 is 1.95 bits per heavy atom. The molecule has 1 amide bonds. The van der Waals surface area contributed by atoms with Crippen molar-refractivity contribution in [2.24, 2.45) is 0 Å². The van der Waals surface area contributed by atoms with Gasteiger partial charge < -0.3 is 9.73 Å². The Bertz CT molecular complexity index is 621. The highest BCUT2D eigenvalue weighted by Crippen LogP contribution is 2.18. The normalized spacial score (nSPS) is 10.3. The van der Waals surface area contributed by atoms with Crippen LogP contribution >= 0.6 is 0 Å². The summed E-state index contributed by atoms with van der Waals surface area (Å²) < 4.78 is 5.20. The van der Waals surface area contributed by atoms with Gasteiger partial charge >= 0.3 is 0 Å². The van der Waals surface area contributed by atoms with Crippen LogP contribution in [-0.2, 0) is 0 Å². The molecule has 0 radical (unpaired) electrons. The Morgan fingerprint density at radius 1 is 1.21 bits per heavy atom. The SMILES string of the molecule is CC(=O)c1cccc(NC(=O)c2c(C)coc2C)c1. The van der Waals surface area contributed by atoms with Crippen LogP contribution in [0.15, 0.2) is 34.9 Å². The highest BCUT2D eigenvalue weighted by molar-refractivity contribution is 6.06. The van der Waals surface area contributed by atoms with Crippen LogP contribution in [0.3, 0.4) is 0 Å². The molecule has 19 heavy (non-hydrogen) atoms. The zero-order valence-electron chi connectivity index (χ0n) is 11.1. The van der Waals surface area contributed by atoms with Crippen molar-refractivity contribution in [3.05, 3.63) is 53.0 Å². The number of carbonyl (C=O) groups excluding carboxylic acids is 2. The molecule has 0 aliphatic rings. The number of aryl methyl sites for hydroxylation is 2. The minimum atomic E-state index is -0.232. The molecule has 0 aliphatic carbocycles. The van der Waals surface area contributed by atoms with Crippen molar-refractivity contribution in [2.45, 2.75) is 20.8 Å². The fourth-order valence-corrected chi connectivity index (χ4v) is 1.92. The number of anilines is 1. The molecule has 0 saturated heterocycles. The average molecular weight is 257 g/mol. The van der Waals surface area contributed by atoms with E-state index in [9.17, 15) is 9.59 Å². The molecule has 0 unspecified atom stereocenters. The van der Waals surface area contributed by atoms with Gasteiger partial charge in [-0.05, 0) is 32.9 Å². The molecular formula is C15H15NO3. The topological polar surface area (TPSA) is 59.3 Å². The number of amides is 1. The lowest BCUT2D eigenvalue weighted by molar-refractivity contribution is 0.101. The van der Waals surface area contributed by atoms with Crippen molar-refractivity contribution < 1.29 is 14.0 Å². The summed E-state index contributed by atoms with van der Waals surface area (Å²) in [6.07, 6.45) is 1.55. The summed E-state index contributed by atoms with van der Waals surface area (Å²) >= 11 is 0. The maximum Gasteiger partial charge on any atom is 0.259 e. The molecule has 2 aromatic rings. The molecule has 1 heterocycles. The van der Waals surface area contributed by atoms with Gasteiger partial charge in [0, 0.05) is 16.8 Å². The number of rotatable bonds is 3. The van der Waals surface area contributed by atoms with Gasteiger partial charge in [0.25, 0.3) is 5.91 Å². The molecule has 0 fully saturated rings. The number of Topliss-reactive ketones (excluding diaryl/α,β-unsaturated/α-hetero) is 1. The summed E-state index contributed by atoms with van der Waals surface area (Å²) in [5.41, 5.74) is 2.49. The van der Waals surface area contributed by atoms with E-state index in [-0.39, 0.29) is 11.7 Å². The molecule has 0 atom stereocenters.